The third-order valence-corrected chi connectivity index (χ3v) is 11.8. The Morgan fingerprint density at radius 2 is 0.837 bits per heavy atom. The molecule has 0 radical (unpaired) electrons. The number of para-hydroxylation sites is 2. The van der Waals surface area contributed by atoms with Gasteiger partial charge in [0.05, 0.1) is 0 Å². The second-order valence-electron chi connectivity index (χ2n) is 14.6. The van der Waals surface area contributed by atoms with E-state index in [0.717, 1.165) is 0 Å². The molecule has 2 aliphatic heterocycles. The van der Waals surface area contributed by atoms with Crippen LogP contribution in [0.3, 0.4) is 0 Å². The minimum Gasteiger partial charge on any atom is -0.375 e. The average molecular weight is 626 g/mol. The molecule has 1 atom stereocenters. The van der Waals surface area contributed by atoms with Crippen molar-refractivity contribution in [3.63, 3.8) is 0 Å². The maximum absolute atomic E-state index is 2.75. The van der Waals surface area contributed by atoms with Gasteiger partial charge in [-0.15, -0.1) is 0 Å². The second kappa shape index (κ2) is 10.2. The Kier molecular flexibility index (Phi) is 5.92. The lowest BCUT2D eigenvalue weighted by molar-refractivity contribution is 0.634. The molecule has 2 heterocycles. The lowest BCUT2D eigenvalue weighted by Gasteiger charge is -2.49. The number of fused-ring (bicyclic) bond motifs is 7. The van der Waals surface area contributed by atoms with Crippen LogP contribution in [0.25, 0.3) is 33.4 Å². The van der Waals surface area contributed by atoms with Crippen molar-refractivity contribution >= 4 is 29.1 Å². The van der Waals surface area contributed by atoms with E-state index in [1.54, 1.807) is 0 Å². The van der Waals surface area contributed by atoms with Gasteiger partial charge in [-0.2, -0.15) is 0 Å². The Labute approximate surface area is 289 Å². The van der Waals surface area contributed by atoms with Crippen molar-refractivity contribution in [1.29, 1.82) is 0 Å². The summed E-state index contributed by atoms with van der Waals surface area (Å²) in [4.78, 5) is 2.75. The van der Waals surface area contributed by atoms with Crippen LogP contribution in [0.2, 0.25) is 0 Å². The molecule has 0 spiro atoms. The number of nitrogens with zero attached hydrogens (tertiary/aromatic N) is 1. The van der Waals surface area contributed by atoms with E-state index in [9.17, 15) is 0 Å². The lowest BCUT2D eigenvalue weighted by atomic mass is 9.39. The first-order chi connectivity index (χ1) is 24.0. The molecule has 1 unspecified atom stereocenters. The van der Waals surface area contributed by atoms with Crippen LogP contribution in [0.15, 0.2) is 164 Å². The first kappa shape index (κ1) is 28.4. The minimum absolute atomic E-state index is 0.0446. The number of anilines is 2. The van der Waals surface area contributed by atoms with E-state index < -0.39 is 0 Å². The summed E-state index contributed by atoms with van der Waals surface area (Å²) in [6, 6.07) is 61.3. The molecule has 10 rings (SSSR count). The highest BCUT2D eigenvalue weighted by Gasteiger charge is 2.53. The zero-order chi connectivity index (χ0) is 32.9. The van der Waals surface area contributed by atoms with Crippen LogP contribution in [-0.4, -0.2) is 6.85 Å². The first-order valence-electron chi connectivity index (χ1n) is 17.5. The topological polar surface area (TPSA) is 3.24 Å². The molecule has 1 aliphatic carbocycles. The first-order valence-corrected chi connectivity index (χ1v) is 17.5. The van der Waals surface area contributed by atoms with Crippen LogP contribution in [-0.2, 0) is 10.8 Å². The number of benzene rings is 7. The molecule has 1 nitrogen and oxygen atoms in total. The zero-order valence-electron chi connectivity index (χ0n) is 28.1. The van der Waals surface area contributed by atoms with E-state index in [4.69, 9.17) is 0 Å². The van der Waals surface area contributed by atoms with E-state index in [0.29, 0.717) is 0 Å². The van der Waals surface area contributed by atoms with Gasteiger partial charge in [0, 0.05) is 33.3 Å². The third kappa shape index (κ3) is 3.72. The van der Waals surface area contributed by atoms with Crippen LogP contribution in [0.1, 0.15) is 48.6 Å². The number of rotatable bonds is 3. The fraction of sp³-hybridized carbons (Fsp3) is 0.106. The van der Waals surface area contributed by atoms with Gasteiger partial charge in [0.2, 0.25) is 0 Å². The van der Waals surface area contributed by atoms with Gasteiger partial charge in [0.15, 0.2) is 0 Å². The molecule has 0 N–H and O–H groups in total. The van der Waals surface area contributed by atoms with E-state index in [1.807, 2.05) is 0 Å². The maximum Gasteiger partial charge on any atom is 0.328 e. The molecular weight excluding hydrogens is 589 g/mol. The van der Waals surface area contributed by atoms with Crippen molar-refractivity contribution in [3.8, 4) is 33.4 Å². The lowest BCUT2D eigenvalue weighted by Crippen LogP contribution is -2.63. The van der Waals surface area contributed by atoms with Crippen molar-refractivity contribution in [2.24, 2.45) is 0 Å². The molecule has 232 valence electrons. The highest BCUT2D eigenvalue weighted by Crippen LogP contribution is 2.57. The van der Waals surface area contributed by atoms with Crippen LogP contribution in [0, 0.1) is 0 Å². The molecule has 2 heteroatoms. The molecule has 49 heavy (non-hydrogen) atoms. The van der Waals surface area contributed by atoms with Gasteiger partial charge < -0.3 is 4.81 Å². The number of hydrogen-bond donors (Lipinski definition) is 0. The SMILES string of the molecule is CC1(C)c2cccc(-c3ccccc3)c2N(B2c3ccccc3C3(C)c4ccccc4-c4cccc2c43)c2c(-c3ccccc3)cccc21. The minimum atomic E-state index is -0.242. The molecular formula is C47H36BN. The standard InChI is InChI=1S/C47H36BN/c1-46(2)39-27-14-22-33(31-17-6-4-7-18-31)44(39)49(45-34(23-15-28-40(45)46)32-19-8-5-9-20-32)48-41-29-13-12-26-38(41)47(3)37-25-11-10-21-35(37)36-24-16-30-42(48)43(36)47/h4-30H,1-3H3. The van der Waals surface area contributed by atoms with Crippen molar-refractivity contribution in [2.75, 3.05) is 4.81 Å². The molecule has 0 aromatic heterocycles. The summed E-state index contributed by atoms with van der Waals surface area (Å²) in [5, 5.41) is 0. The van der Waals surface area contributed by atoms with Gasteiger partial charge in [0.1, 0.15) is 0 Å². The van der Waals surface area contributed by atoms with Gasteiger partial charge in [-0.1, -0.05) is 178 Å². The summed E-state index contributed by atoms with van der Waals surface area (Å²) >= 11 is 0. The summed E-state index contributed by atoms with van der Waals surface area (Å²) in [5.41, 5.74) is 19.6. The third-order valence-electron chi connectivity index (χ3n) is 11.8. The van der Waals surface area contributed by atoms with Crippen molar-refractivity contribution in [3.05, 3.63) is 192 Å². The molecule has 0 saturated carbocycles. The Bertz CT molecular complexity index is 2350. The highest BCUT2D eigenvalue weighted by molar-refractivity contribution is 6.90. The van der Waals surface area contributed by atoms with Crippen molar-refractivity contribution in [1.82, 2.24) is 0 Å². The van der Waals surface area contributed by atoms with E-state index in [2.05, 4.69) is 189 Å². The largest absolute Gasteiger partial charge is 0.375 e. The second-order valence-corrected chi connectivity index (χ2v) is 14.6. The number of hydrogen-bond acceptors (Lipinski definition) is 1. The highest BCUT2D eigenvalue weighted by atomic mass is 15.1. The van der Waals surface area contributed by atoms with Crippen LogP contribution >= 0.6 is 0 Å². The summed E-state index contributed by atoms with van der Waals surface area (Å²) in [6.45, 7) is 7.24. The Hall–Kier alpha value is -5.60. The van der Waals surface area contributed by atoms with E-state index in [1.165, 1.54) is 83.5 Å². The summed E-state index contributed by atoms with van der Waals surface area (Å²) in [7, 11) is 0. The van der Waals surface area contributed by atoms with Gasteiger partial charge >= 0.3 is 6.85 Å². The Morgan fingerprint density at radius 1 is 0.388 bits per heavy atom. The molecule has 7 aromatic carbocycles. The fourth-order valence-corrected chi connectivity index (χ4v) is 9.62. The van der Waals surface area contributed by atoms with Crippen molar-refractivity contribution in [2.45, 2.75) is 31.6 Å². The summed E-state index contributed by atoms with van der Waals surface area (Å²) < 4.78 is 0. The van der Waals surface area contributed by atoms with Gasteiger partial charge in [-0.3, -0.25) is 0 Å². The molecule has 0 amide bonds. The van der Waals surface area contributed by atoms with E-state index in [-0.39, 0.29) is 17.7 Å². The predicted octanol–water partition coefficient (Wildman–Crippen LogP) is 10.3. The quantitative estimate of drug-likeness (QED) is 0.177. The predicted molar refractivity (Wildman–Crippen MR) is 207 cm³/mol. The molecule has 0 saturated heterocycles. The van der Waals surface area contributed by atoms with Crippen LogP contribution < -0.4 is 15.7 Å². The Balaban J connectivity index is 1.37. The van der Waals surface area contributed by atoms with Crippen LogP contribution in [0.4, 0.5) is 11.4 Å². The van der Waals surface area contributed by atoms with Crippen LogP contribution in [0.5, 0.6) is 0 Å². The van der Waals surface area contributed by atoms with Gasteiger partial charge in [-0.25, -0.2) is 0 Å². The molecule has 7 aromatic rings. The molecule has 3 aliphatic rings. The normalized spacial score (nSPS) is 17.4. The Morgan fingerprint density at radius 3 is 1.47 bits per heavy atom. The monoisotopic (exact) mass is 625 g/mol. The van der Waals surface area contributed by atoms with Crippen molar-refractivity contribution < 1.29 is 0 Å². The maximum atomic E-state index is 2.75. The van der Waals surface area contributed by atoms with Gasteiger partial charge in [-0.05, 0) is 67.9 Å². The zero-order valence-corrected chi connectivity index (χ0v) is 28.1. The van der Waals surface area contributed by atoms with Gasteiger partial charge in [0.25, 0.3) is 0 Å². The smallest absolute Gasteiger partial charge is 0.328 e. The fourth-order valence-electron chi connectivity index (χ4n) is 9.62. The summed E-state index contributed by atoms with van der Waals surface area (Å²) in [5.74, 6) is 0. The molecule has 0 bridgehead atoms. The average Bonchev–Trinajstić information content (AvgIpc) is 3.43. The summed E-state index contributed by atoms with van der Waals surface area (Å²) in [6.07, 6.45) is 0. The molecule has 0 fully saturated rings. The van der Waals surface area contributed by atoms with E-state index >= 15 is 0 Å².